The monoisotopic (exact) mass is 498 g/mol. The predicted octanol–water partition coefficient (Wildman–Crippen LogP) is 3.24. The summed E-state index contributed by atoms with van der Waals surface area (Å²) >= 11 is 0. The second kappa shape index (κ2) is 9.82. The van der Waals surface area contributed by atoms with Crippen LogP contribution in [-0.2, 0) is 17.5 Å². The molecule has 2 N–H and O–H groups in total. The molecule has 4 rings (SSSR count). The first-order valence-electron chi connectivity index (χ1n) is 10.4. The van der Waals surface area contributed by atoms with Crippen LogP contribution in [0.1, 0.15) is 22.5 Å². The first kappa shape index (κ1) is 24.3. The lowest BCUT2D eigenvalue weighted by Crippen LogP contribution is -2.23. The minimum atomic E-state index is -4.69. The maximum atomic E-state index is 13.7. The van der Waals surface area contributed by atoms with Crippen molar-refractivity contribution < 1.29 is 27.9 Å². The van der Waals surface area contributed by atoms with Gasteiger partial charge in [0.15, 0.2) is 0 Å². The maximum absolute atomic E-state index is 13.7. The summed E-state index contributed by atoms with van der Waals surface area (Å²) in [6.07, 6.45) is 0.238. The molecule has 0 aliphatic heterocycles. The Hall–Kier alpha value is -4.81. The zero-order valence-electron chi connectivity index (χ0n) is 18.3. The van der Waals surface area contributed by atoms with E-state index in [-0.39, 0.29) is 35.7 Å². The number of aromatic nitrogens is 5. The maximum Gasteiger partial charge on any atom is 0.433 e. The van der Waals surface area contributed by atoms with Gasteiger partial charge in [-0.3, -0.25) is 19.4 Å². The Morgan fingerprint density at radius 2 is 1.89 bits per heavy atom. The first-order chi connectivity index (χ1) is 17.1. The molecule has 0 aliphatic carbocycles. The van der Waals surface area contributed by atoms with Crippen molar-refractivity contribution in [1.82, 2.24) is 24.3 Å². The van der Waals surface area contributed by atoms with E-state index in [1.165, 1.54) is 36.8 Å². The Morgan fingerprint density at radius 3 is 2.53 bits per heavy atom. The number of nitrogens with zero attached hydrogens (tertiary/aromatic N) is 5. The summed E-state index contributed by atoms with van der Waals surface area (Å²) < 4.78 is 42.8. The lowest BCUT2D eigenvalue weighted by atomic mass is 10.2. The molecule has 0 fully saturated rings. The quantitative estimate of drug-likeness (QED) is 0.400. The van der Waals surface area contributed by atoms with Crippen molar-refractivity contribution in [2.75, 3.05) is 5.32 Å². The average molecular weight is 498 g/mol. The Labute approximate surface area is 200 Å². The third-order valence-electron chi connectivity index (χ3n) is 5.00. The molecule has 13 heteroatoms. The predicted molar refractivity (Wildman–Crippen MR) is 121 cm³/mol. The molecule has 10 nitrogen and oxygen atoms in total. The number of pyridine rings is 3. The number of carboxylic acids is 1. The van der Waals surface area contributed by atoms with Crippen molar-refractivity contribution in [2.45, 2.75) is 19.1 Å². The van der Waals surface area contributed by atoms with Crippen molar-refractivity contribution >= 4 is 17.7 Å². The Bertz CT molecular complexity index is 1460. The molecule has 0 bridgehead atoms. The van der Waals surface area contributed by atoms with E-state index >= 15 is 0 Å². The normalized spacial score (nSPS) is 11.3. The highest BCUT2D eigenvalue weighted by molar-refractivity contribution is 6.03. The van der Waals surface area contributed by atoms with E-state index < -0.39 is 29.3 Å². The Kier molecular flexibility index (Phi) is 6.63. The van der Waals surface area contributed by atoms with Crippen LogP contribution in [0.25, 0.3) is 16.9 Å². The zero-order chi connectivity index (χ0) is 25.9. The molecule has 0 spiro atoms. The molecule has 0 aromatic carbocycles. The summed E-state index contributed by atoms with van der Waals surface area (Å²) in [5.41, 5.74) is -0.922. The van der Waals surface area contributed by atoms with E-state index in [1.54, 1.807) is 12.1 Å². The van der Waals surface area contributed by atoms with Crippen LogP contribution >= 0.6 is 0 Å². The van der Waals surface area contributed by atoms with Gasteiger partial charge in [-0.2, -0.15) is 18.3 Å². The zero-order valence-corrected chi connectivity index (χ0v) is 18.3. The number of aryl methyl sites for hydroxylation is 1. The number of anilines is 1. The number of carbonyl (C=O) groups excluding carboxylic acids is 1. The van der Waals surface area contributed by atoms with Gasteiger partial charge in [-0.15, -0.1) is 0 Å². The van der Waals surface area contributed by atoms with E-state index in [1.807, 2.05) is 0 Å². The van der Waals surface area contributed by atoms with Gasteiger partial charge >= 0.3 is 12.1 Å². The minimum absolute atomic E-state index is 0.0117. The first-order valence-corrected chi connectivity index (χ1v) is 10.4. The molecular formula is C23H17F3N6O4. The highest BCUT2D eigenvalue weighted by atomic mass is 19.4. The van der Waals surface area contributed by atoms with Crippen LogP contribution in [0.2, 0.25) is 0 Å². The Balaban J connectivity index is 1.56. The van der Waals surface area contributed by atoms with Crippen LogP contribution in [0.4, 0.5) is 19.0 Å². The van der Waals surface area contributed by atoms with Crippen LogP contribution < -0.4 is 10.9 Å². The average Bonchev–Trinajstić information content (AvgIpc) is 3.31. The molecule has 184 valence electrons. The summed E-state index contributed by atoms with van der Waals surface area (Å²) in [6.45, 7) is -0.116. The number of amides is 1. The number of nitrogens with one attached hydrogen (secondary N) is 1. The largest absolute Gasteiger partial charge is 0.481 e. The molecule has 4 heterocycles. The lowest BCUT2D eigenvalue weighted by molar-refractivity contribution is -0.143. The molecule has 0 saturated heterocycles. The molecule has 0 unspecified atom stereocenters. The number of alkyl halides is 3. The summed E-state index contributed by atoms with van der Waals surface area (Å²) in [4.78, 5) is 43.1. The van der Waals surface area contributed by atoms with E-state index in [2.05, 4.69) is 20.4 Å². The summed E-state index contributed by atoms with van der Waals surface area (Å²) in [5, 5.41) is 15.3. The summed E-state index contributed by atoms with van der Waals surface area (Å²) in [6, 6.07) is 9.09. The highest BCUT2D eigenvalue weighted by Crippen LogP contribution is 2.33. The van der Waals surface area contributed by atoms with Crippen LogP contribution in [0.5, 0.6) is 0 Å². The van der Waals surface area contributed by atoms with E-state index in [4.69, 9.17) is 5.11 Å². The van der Waals surface area contributed by atoms with Crippen molar-refractivity contribution in [3.05, 3.63) is 88.9 Å². The van der Waals surface area contributed by atoms with Crippen molar-refractivity contribution in [3.8, 4) is 16.9 Å². The van der Waals surface area contributed by atoms with Gasteiger partial charge in [0.2, 0.25) is 0 Å². The molecule has 0 saturated carbocycles. The molecular weight excluding hydrogens is 481 g/mol. The fourth-order valence-electron chi connectivity index (χ4n) is 3.27. The van der Waals surface area contributed by atoms with Gasteiger partial charge in [0.1, 0.15) is 11.5 Å². The van der Waals surface area contributed by atoms with Gasteiger partial charge in [0.25, 0.3) is 11.5 Å². The number of carbonyl (C=O) groups is 2. The Morgan fingerprint density at radius 1 is 1.08 bits per heavy atom. The molecule has 0 aliphatic rings. The molecule has 0 atom stereocenters. The molecule has 4 aromatic rings. The summed E-state index contributed by atoms with van der Waals surface area (Å²) in [7, 11) is 0. The molecule has 4 aromatic heterocycles. The molecule has 1 amide bonds. The SMILES string of the molecule is O=C(O)CCn1cc(C(=O)Nc2ccc(-n3nc(-c4cccnc4)cc3C(F)(F)F)cn2)ccc1=O. The van der Waals surface area contributed by atoms with Crippen molar-refractivity contribution in [1.29, 1.82) is 0 Å². The number of hydrogen-bond acceptors (Lipinski definition) is 6. The van der Waals surface area contributed by atoms with Gasteiger partial charge < -0.3 is 15.0 Å². The number of rotatable bonds is 7. The van der Waals surface area contributed by atoms with Gasteiger partial charge in [0.05, 0.1) is 29.6 Å². The highest BCUT2D eigenvalue weighted by Gasteiger charge is 2.36. The molecule has 36 heavy (non-hydrogen) atoms. The minimum Gasteiger partial charge on any atom is -0.481 e. The van der Waals surface area contributed by atoms with Crippen LogP contribution in [-0.4, -0.2) is 41.3 Å². The number of halogens is 3. The van der Waals surface area contributed by atoms with Gasteiger partial charge in [-0.25, -0.2) is 9.67 Å². The molecule has 0 radical (unpaired) electrons. The van der Waals surface area contributed by atoms with Gasteiger partial charge in [-0.05, 0) is 36.4 Å². The van der Waals surface area contributed by atoms with Crippen LogP contribution in [0.3, 0.4) is 0 Å². The lowest BCUT2D eigenvalue weighted by Gasteiger charge is -2.11. The van der Waals surface area contributed by atoms with Crippen LogP contribution in [0.15, 0.2) is 72.0 Å². The van der Waals surface area contributed by atoms with Gasteiger partial charge in [0, 0.05) is 36.8 Å². The standard InChI is InChI=1S/C23H17F3N6O4/c24-23(25,26)18-10-17(14-2-1-8-27-11-14)30-32(18)16-4-5-19(28-12-16)29-22(36)15-3-6-20(33)31(13-15)9-7-21(34)35/h1-6,8,10-13H,7,9H2,(H,34,35)(H,28,29,36). The third-order valence-corrected chi connectivity index (χ3v) is 5.00. The van der Waals surface area contributed by atoms with Crippen LogP contribution in [0, 0.1) is 0 Å². The third kappa shape index (κ3) is 5.46. The summed E-state index contributed by atoms with van der Waals surface area (Å²) in [5.74, 6) is -1.70. The number of carboxylic acid groups (broad SMARTS) is 1. The van der Waals surface area contributed by atoms with Crippen molar-refractivity contribution in [3.63, 3.8) is 0 Å². The van der Waals surface area contributed by atoms with E-state index in [0.717, 1.165) is 22.9 Å². The van der Waals surface area contributed by atoms with Crippen molar-refractivity contribution in [2.24, 2.45) is 0 Å². The smallest absolute Gasteiger partial charge is 0.433 e. The second-order valence-electron chi connectivity index (χ2n) is 7.51. The van der Waals surface area contributed by atoms with E-state index in [0.29, 0.717) is 10.2 Å². The van der Waals surface area contributed by atoms with Gasteiger partial charge in [-0.1, -0.05) is 0 Å². The second-order valence-corrected chi connectivity index (χ2v) is 7.51. The van der Waals surface area contributed by atoms with E-state index in [9.17, 15) is 27.6 Å². The fraction of sp³-hybridized carbons (Fsp3) is 0.130. The number of aliphatic carboxylic acids is 1. The fourth-order valence-corrected chi connectivity index (χ4v) is 3.27. The number of hydrogen-bond donors (Lipinski definition) is 2. The topological polar surface area (TPSA) is 132 Å².